The van der Waals surface area contributed by atoms with Crippen molar-refractivity contribution in [2.45, 2.75) is 39.0 Å². The molecule has 1 aromatic rings. The number of esters is 2. The van der Waals surface area contributed by atoms with Crippen molar-refractivity contribution in [1.82, 2.24) is 0 Å². The van der Waals surface area contributed by atoms with Gasteiger partial charge in [-0.15, -0.1) is 0 Å². The first-order valence-electron chi connectivity index (χ1n) is 6.96. The summed E-state index contributed by atoms with van der Waals surface area (Å²) in [6, 6.07) is 7.62. The molecule has 1 aromatic carbocycles. The highest BCUT2D eigenvalue weighted by atomic mass is 16.5. The summed E-state index contributed by atoms with van der Waals surface area (Å²) >= 11 is 0. The summed E-state index contributed by atoms with van der Waals surface area (Å²) in [5.41, 5.74) is 1.97. The van der Waals surface area contributed by atoms with Gasteiger partial charge in [-0.2, -0.15) is 0 Å². The van der Waals surface area contributed by atoms with Crippen LogP contribution in [-0.2, 0) is 31.9 Å². The number of hydrogen-bond acceptors (Lipinski definition) is 4. The molecule has 4 heteroatoms. The third-order valence-electron chi connectivity index (χ3n) is 2.98. The second kappa shape index (κ2) is 9.13. The molecule has 0 aliphatic heterocycles. The lowest BCUT2D eigenvalue weighted by Gasteiger charge is -2.05. The molecule has 0 saturated carbocycles. The maximum Gasteiger partial charge on any atom is 0.309 e. The van der Waals surface area contributed by atoms with Crippen molar-refractivity contribution in [2.24, 2.45) is 0 Å². The minimum atomic E-state index is -0.253. The highest BCUT2D eigenvalue weighted by Crippen LogP contribution is 2.08. The Morgan fingerprint density at radius 3 is 2.30 bits per heavy atom. The number of benzene rings is 1. The quantitative estimate of drug-likeness (QED) is 0.542. The molecule has 0 unspecified atom stereocenters. The van der Waals surface area contributed by atoms with Crippen LogP contribution in [-0.4, -0.2) is 25.7 Å². The first kappa shape index (κ1) is 16.2. The van der Waals surface area contributed by atoms with Crippen LogP contribution in [0.15, 0.2) is 24.3 Å². The van der Waals surface area contributed by atoms with E-state index in [4.69, 9.17) is 4.74 Å². The van der Waals surface area contributed by atoms with Gasteiger partial charge >= 0.3 is 11.9 Å². The average molecular weight is 278 g/mol. The van der Waals surface area contributed by atoms with Crippen LogP contribution >= 0.6 is 0 Å². The molecule has 0 radical (unpaired) electrons. The van der Waals surface area contributed by atoms with Crippen LogP contribution in [0, 0.1) is 0 Å². The molecule has 0 amide bonds. The van der Waals surface area contributed by atoms with E-state index in [1.807, 2.05) is 24.3 Å². The van der Waals surface area contributed by atoms with Crippen LogP contribution in [0.2, 0.25) is 0 Å². The normalized spacial score (nSPS) is 10.1. The molecule has 0 saturated heterocycles. The number of ether oxygens (including phenoxy) is 2. The predicted octanol–water partition coefficient (Wildman–Crippen LogP) is 2.68. The van der Waals surface area contributed by atoms with Crippen LogP contribution < -0.4 is 0 Å². The van der Waals surface area contributed by atoms with E-state index >= 15 is 0 Å². The SMILES string of the molecule is CCCCOC(=O)CCc1ccc(CC(=O)OC)cc1. The maximum atomic E-state index is 11.5. The van der Waals surface area contributed by atoms with Gasteiger partial charge in [0, 0.05) is 6.42 Å². The zero-order valence-corrected chi connectivity index (χ0v) is 12.2. The molecule has 0 aliphatic carbocycles. The molecule has 0 N–H and O–H groups in total. The van der Waals surface area contributed by atoms with Crippen molar-refractivity contribution < 1.29 is 19.1 Å². The van der Waals surface area contributed by atoms with E-state index in [1.165, 1.54) is 7.11 Å². The predicted molar refractivity (Wildman–Crippen MR) is 76.4 cm³/mol. The minimum Gasteiger partial charge on any atom is -0.469 e. The van der Waals surface area contributed by atoms with E-state index in [2.05, 4.69) is 11.7 Å². The van der Waals surface area contributed by atoms with Gasteiger partial charge < -0.3 is 9.47 Å². The van der Waals surface area contributed by atoms with Gasteiger partial charge in [-0.05, 0) is 24.0 Å². The summed E-state index contributed by atoms with van der Waals surface area (Å²) in [5.74, 6) is -0.408. The van der Waals surface area contributed by atoms with Crippen molar-refractivity contribution >= 4 is 11.9 Å². The summed E-state index contributed by atoms with van der Waals surface area (Å²) in [5, 5.41) is 0. The van der Waals surface area contributed by atoms with Crippen molar-refractivity contribution in [3.05, 3.63) is 35.4 Å². The third kappa shape index (κ3) is 6.36. The number of carbonyl (C=O) groups excluding carboxylic acids is 2. The molecule has 0 fully saturated rings. The summed E-state index contributed by atoms with van der Waals surface area (Å²) in [7, 11) is 1.38. The standard InChI is InChI=1S/C16H22O4/c1-3-4-11-20-15(17)10-9-13-5-7-14(8-6-13)12-16(18)19-2/h5-8H,3-4,9-12H2,1-2H3. The Hall–Kier alpha value is -1.84. The first-order valence-corrected chi connectivity index (χ1v) is 6.96. The van der Waals surface area contributed by atoms with Gasteiger partial charge in [0.2, 0.25) is 0 Å². The zero-order chi connectivity index (χ0) is 14.8. The Labute approximate surface area is 120 Å². The Kier molecular flexibility index (Phi) is 7.40. The monoisotopic (exact) mass is 278 g/mol. The first-order chi connectivity index (χ1) is 9.65. The molecule has 20 heavy (non-hydrogen) atoms. The molecule has 0 bridgehead atoms. The smallest absolute Gasteiger partial charge is 0.309 e. The van der Waals surface area contributed by atoms with E-state index in [-0.39, 0.29) is 18.4 Å². The third-order valence-corrected chi connectivity index (χ3v) is 2.98. The molecule has 0 atom stereocenters. The molecule has 110 valence electrons. The van der Waals surface area contributed by atoms with E-state index < -0.39 is 0 Å². The fourth-order valence-electron chi connectivity index (χ4n) is 1.71. The van der Waals surface area contributed by atoms with E-state index in [9.17, 15) is 9.59 Å². The number of rotatable bonds is 8. The van der Waals surface area contributed by atoms with Gasteiger partial charge in [0.25, 0.3) is 0 Å². The Bertz CT molecular complexity index is 423. The average Bonchev–Trinajstić information content (AvgIpc) is 2.46. The van der Waals surface area contributed by atoms with Gasteiger partial charge in [0.05, 0.1) is 20.1 Å². The Morgan fingerprint density at radius 1 is 1.05 bits per heavy atom. The van der Waals surface area contributed by atoms with Crippen molar-refractivity contribution in [3.8, 4) is 0 Å². The number of hydrogen-bond donors (Lipinski definition) is 0. The lowest BCUT2D eigenvalue weighted by Crippen LogP contribution is -2.07. The second-order valence-corrected chi connectivity index (χ2v) is 4.64. The van der Waals surface area contributed by atoms with Gasteiger partial charge in [-0.25, -0.2) is 0 Å². The van der Waals surface area contributed by atoms with Gasteiger partial charge in [0.15, 0.2) is 0 Å². The topological polar surface area (TPSA) is 52.6 Å². The number of aryl methyl sites for hydroxylation is 1. The summed E-state index contributed by atoms with van der Waals surface area (Å²) in [6.07, 6.45) is 3.25. The fraction of sp³-hybridized carbons (Fsp3) is 0.500. The molecule has 0 heterocycles. The van der Waals surface area contributed by atoms with Crippen LogP contribution in [0.4, 0.5) is 0 Å². The van der Waals surface area contributed by atoms with Crippen LogP contribution in [0.25, 0.3) is 0 Å². The summed E-state index contributed by atoms with van der Waals surface area (Å²) < 4.78 is 9.70. The molecular weight excluding hydrogens is 256 g/mol. The zero-order valence-electron chi connectivity index (χ0n) is 12.2. The molecule has 0 aliphatic rings. The van der Waals surface area contributed by atoms with Crippen molar-refractivity contribution in [1.29, 1.82) is 0 Å². The van der Waals surface area contributed by atoms with Gasteiger partial charge in [0.1, 0.15) is 0 Å². The fourth-order valence-corrected chi connectivity index (χ4v) is 1.71. The number of unbranched alkanes of at least 4 members (excludes halogenated alkanes) is 1. The lowest BCUT2D eigenvalue weighted by molar-refractivity contribution is -0.143. The molecular formula is C16H22O4. The number of methoxy groups -OCH3 is 1. The van der Waals surface area contributed by atoms with Crippen LogP contribution in [0.5, 0.6) is 0 Å². The van der Waals surface area contributed by atoms with Gasteiger partial charge in [-0.3, -0.25) is 9.59 Å². The van der Waals surface area contributed by atoms with E-state index in [1.54, 1.807) is 0 Å². The summed E-state index contributed by atoms with van der Waals surface area (Å²) in [4.78, 5) is 22.6. The summed E-state index contributed by atoms with van der Waals surface area (Å²) in [6.45, 7) is 2.57. The number of carbonyl (C=O) groups is 2. The van der Waals surface area contributed by atoms with Crippen LogP contribution in [0.1, 0.15) is 37.3 Å². The minimum absolute atomic E-state index is 0.155. The lowest BCUT2D eigenvalue weighted by atomic mass is 10.1. The molecule has 0 aromatic heterocycles. The molecule has 4 nitrogen and oxygen atoms in total. The highest BCUT2D eigenvalue weighted by molar-refractivity contribution is 5.72. The maximum absolute atomic E-state index is 11.5. The van der Waals surface area contributed by atoms with Crippen molar-refractivity contribution in [2.75, 3.05) is 13.7 Å². The Balaban J connectivity index is 2.34. The second-order valence-electron chi connectivity index (χ2n) is 4.64. The van der Waals surface area contributed by atoms with Crippen molar-refractivity contribution in [3.63, 3.8) is 0 Å². The van der Waals surface area contributed by atoms with E-state index in [0.717, 1.165) is 24.0 Å². The van der Waals surface area contributed by atoms with Crippen LogP contribution in [0.3, 0.4) is 0 Å². The largest absolute Gasteiger partial charge is 0.469 e. The van der Waals surface area contributed by atoms with Gasteiger partial charge in [-0.1, -0.05) is 37.6 Å². The van der Waals surface area contributed by atoms with E-state index in [0.29, 0.717) is 19.4 Å². The highest BCUT2D eigenvalue weighted by Gasteiger charge is 2.05. The molecule has 0 spiro atoms. The Morgan fingerprint density at radius 2 is 1.70 bits per heavy atom. The molecule has 1 rings (SSSR count).